The Balaban J connectivity index is 2.64. The number of hydrogen-bond acceptors (Lipinski definition) is 3. The maximum Gasteiger partial charge on any atom is 0.326 e. The molecule has 5 heteroatoms. The summed E-state index contributed by atoms with van der Waals surface area (Å²) in [5.41, 5.74) is 6.61. The van der Waals surface area contributed by atoms with E-state index in [-0.39, 0.29) is 12.3 Å². The normalized spacial score (nSPS) is 13.8. The third-order valence-corrected chi connectivity index (χ3v) is 2.96. The summed E-state index contributed by atoms with van der Waals surface area (Å²) in [6.45, 7) is 3.93. The lowest BCUT2D eigenvalue weighted by Crippen LogP contribution is -2.49. The van der Waals surface area contributed by atoms with Crippen LogP contribution in [0.2, 0.25) is 0 Å². The number of carboxylic acids is 1. The molecule has 1 amide bonds. The first kappa shape index (κ1) is 16.2. The molecule has 0 bridgehead atoms. The minimum atomic E-state index is -1.06. The first-order valence-corrected chi connectivity index (χ1v) is 6.72. The van der Waals surface area contributed by atoms with Gasteiger partial charge in [0.05, 0.1) is 6.04 Å². The minimum absolute atomic E-state index is 0.246. The molecule has 110 valence electrons. The van der Waals surface area contributed by atoms with E-state index >= 15 is 0 Å². The molecule has 20 heavy (non-hydrogen) atoms. The Kier molecular flexibility index (Phi) is 6.18. The zero-order valence-corrected chi connectivity index (χ0v) is 11.9. The van der Waals surface area contributed by atoms with Gasteiger partial charge in [-0.25, -0.2) is 4.79 Å². The molecule has 1 aromatic rings. The SMILES string of the molecule is CC(C)C[C@@H](N)C(=O)NC(Cc1ccccc1)C(=O)O. The molecular formula is C15H22N2O3. The van der Waals surface area contributed by atoms with Gasteiger partial charge in [-0.05, 0) is 17.9 Å². The molecule has 0 aromatic heterocycles. The van der Waals surface area contributed by atoms with Crippen molar-refractivity contribution in [3.63, 3.8) is 0 Å². The van der Waals surface area contributed by atoms with Gasteiger partial charge in [0.1, 0.15) is 6.04 Å². The van der Waals surface area contributed by atoms with Crippen molar-refractivity contribution in [2.75, 3.05) is 0 Å². The van der Waals surface area contributed by atoms with Crippen molar-refractivity contribution < 1.29 is 14.7 Å². The van der Waals surface area contributed by atoms with Crippen LogP contribution >= 0.6 is 0 Å². The van der Waals surface area contributed by atoms with Crippen LogP contribution in [0.25, 0.3) is 0 Å². The highest BCUT2D eigenvalue weighted by atomic mass is 16.4. The molecular weight excluding hydrogens is 256 g/mol. The Morgan fingerprint density at radius 2 is 1.85 bits per heavy atom. The van der Waals surface area contributed by atoms with E-state index in [0.29, 0.717) is 6.42 Å². The van der Waals surface area contributed by atoms with Crippen molar-refractivity contribution in [1.29, 1.82) is 0 Å². The molecule has 4 N–H and O–H groups in total. The maximum absolute atomic E-state index is 11.9. The highest BCUT2D eigenvalue weighted by Gasteiger charge is 2.23. The largest absolute Gasteiger partial charge is 0.480 e. The molecule has 0 radical (unpaired) electrons. The van der Waals surface area contributed by atoms with Gasteiger partial charge in [-0.3, -0.25) is 4.79 Å². The van der Waals surface area contributed by atoms with Crippen molar-refractivity contribution in [1.82, 2.24) is 5.32 Å². The zero-order chi connectivity index (χ0) is 15.1. The first-order chi connectivity index (χ1) is 9.40. The molecule has 0 saturated heterocycles. The molecule has 2 atom stereocenters. The van der Waals surface area contributed by atoms with Gasteiger partial charge in [-0.1, -0.05) is 44.2 Å². The Hall–Kier alpha value is -1.88. The number of hydrogen-bond donors (Lipinski definition) is 3. The molecule has 1 unspecified atom stereocenters. The van der Waals surface area contributed by atoms with Gasteiger partial charge in [0.25, 0.3) is 0 Å². The van der Waals surface area contributed by atoms with Gasteiger partial charge in [-0.2, -0.15) is 0 Å². The number of aliphatic carboxylic acids is 1. The fourth-order valence-corrected chi connectivity index (χ4v) is 1.94. The van der Waals surface area contributed by atoms with Crippen LogP contribution in [0.4, 0.5) is 0 Å². The number of carbonyl (C=O) groups excluding carboxylic acids is 1. The Labute approximate surface area is 119 Å². The van der Waals surface area contributed by atoms with Gasteiger partial charge in [0.2, 0.25) is 5.91 Å². The van der Waals surface area contributed by atoms with Crippen LogP contribution in [0.5, 0.6) is 0 Å². The van der Waals surface area contributed by atoms with Gasteiger partial charge in [0.15, 0.2) is 0 Å². The highest BCUT2D eigenvalue weighted by Crippen LogP contribution is 2.06. The second-order valence-electron chi connectivity index (χ2n) is 5.33. The summed E-state index contributed by atoms with van der Waals surface area (Å²) in [6.07, 6.45) is 0.778. The van der Waals surface area contributed by atoms with E-state index in [9.17, 15) is 14.7 Å². The van der Waals surface area contributed by atoms with Gasteiger partial charge in [0, 0.05) is 6.42 Å². The van der Waals surface area contributed by atoms with E-state index in [2.05, 4.69) is 5.32 Å². The summed E-state index contributed by atoms with van der Waals surface area (Å²) in [6, 6.07) is 7.56. The molecule has 1 aromatic carbocycles. The summed E-state index contributed by atoms with van der Waals surface area (Å²) in [4.78, 5) is 23.1. The molecule has 0 aliphatic rings. The average molecular weight is 278 g/mol. The van der Waals surface area contributed by atoms with Crippen LogP contribution in [0, 0.1) is 5.92 Å². The van der Waals surface area contributed by atoms with Crippen LogP contribution in [-0.2, 0) is 16.0 Å². The van der Waals surface area contributed by atoms with Crippen molar-refractivity contribution in [2.45, 2.75) is 38.8 Å². The van der Waals surface area contributed by atoms with Crippen LogP contribution in [0.15, 0.2) is 30.3 Å². The molecule has 0 saturated carbocycles. The summed E-state index contributed by atoms with van der Waals surface area (Å²) < 4.78 is 0. The molecule has 5 nitrogen and oxygen atoms in total. The molecule has 0 aliphatic heterocycles. The van der Waals surface area contributed by atoms with Gasteiger partial charge >= 0.3 is 5.97 Å². The van der Waals surface area contributed by atoms with Gasteiger partial charge in [-0.15, -0.1) is 0 Å². The minimum Gasteiger partial charge on any atom is -0.480 e. The number of carbonyl (C=O) groups is 2. The molecule has 0 spiro atoms. The van der Waals surface area contributed by atoms with Crippen molar-refractivity contribution in [2.24, 2.45) is 11.7 Å². The van der Waals surface area contributed by atoms with E-state index in [0.717, 1.165) is 5.56 Å². The monoisotopic (exact) mass is 278 g/mol. The van der Waals surface area contributed by atoms with Crippen molar-refractivity contribution >= 4 is 11.9 Å². The standard InChI is InChI=1S/C15H22N2O3/c1-10(2)8-12(16)14(18)17-13(15(19)20)9-11-6-4-3-5-7-11/h3-7,10,12-13H,8-9,16H2,1-2H3,(H,17,18)(H,19,20)/t12-,13?/m1/s1. The smallest absolute Gasteiger partial charge is 0.326 e. The predicted octanol–water partition coefficient (Wildman–Crippen LogP) is 1.17. The lowest BCUT2D eigenvalue weighted by molar-refractivity contribution is -0.142. The Morgan fingerprint density at radius 3 is 2.35 bits per heavy atom. The lowest BCUT2D eigenvalue weighted by Gasteiger charge is -2.19. The van der Waals surface area contributed by atoms with E-state index in [1.165, 1.54) is 0 Å². The maximum atomic E-state index is 11.9. The van der Waals surface area contributed by atoms with Crippen molar-refractivity contribution in [3.8, 4) is 0 Å². The number of nitrogens with one attached hydrogen (secondary N) is 1. The van der Waals surface area contributed by atoms with Crippen LogP contribution < -0.4 is 11.1 Å². The predicted molar refractivity (Wildman–Crippen MR) is 77.1 cm³/mol. The number of benzene rings is 1. The average Bonchev–Trinajstić information content (AvgIpc) is 2.38. The van der Waals surface area contributed by atoms with E-state index < -0.39 is 24.0 Å². The fourth-order valence-electron chi connectivity index (χ4n) is 1.94. The number of rotatable bonds is 7. The van der Waals surface area contributed by atoms with E-state index in [1.54, 1.807) is 0 Å². The first-order valence-electron chi connectivity index (χ1n) is 6.72. The second kappa shape index (κ2) is 7.65. The third kappa shape index (κ3) is 5.40. The summed E-state index contributed by atoms with van der Waals surface area (Å²) in [7, 11) is 0. The quantitative estimate of drug-likeness (QED) is 0.698. The second-order valence-corrected chi connectivity index (χ2v) is 5.33. The highest BCUT2D eigenvalue weighted by molar-refractivity contribution is 5.86. The molecule has 1 rings (SSSR count). The summed E-state index contributed by atoms with van der Waals surface area (Å²) in [5.74, 6) is -1.19. The molecule has 0 aliphatic carbocycles. The molecule has 0 heterocycles. The van der Waals surface area contributed by atoms with Crippen molar-refractivity contribution in [3.05, 3.63) is 35.9 Å². The van der Waals surface area contributed by atoms with E-state index in [4.69, 9.17) is 5.73 Å². The topological polar surface area (TPSA) is 92.4 Å². The number of amides is 1. The zero-order valence-electron chi connectivity index (χ0n) is 11.9. The lowest BCUT2D eigenvalue weighted by atomic mass is 10.0. The van der Waals surface area contributed by atoms with E-state index in [1.807, 2.05) is 44.2 Å². The Morgan fingerprint density at radius 1 is 1.25 bits per heavy atom. The van der Waals surface area contributed by atoms with Gasteiger partial charge < -0.3 is 16.2 Å². The summed E-state index contributed by atoms with van der Waals surface area (Å²) in [5, 5.41) is 11.7. The van der Waals surface area contributed by atoms with Crippen LogP contribution in [-0.4, -0.2) is 29.1 Å². The molecule has 0 fully saturated rings. The van der Waals surface area contributed by atoms with Crippen LogP contribution in [0.3, 0.4) is 0 Å². The Bertz CT molecular complexity index is 446. The number of nitrogens with two attached hydrogens (primary N) is 1. The fraction of sp³-hybridized carbons (Fsp3) is 0.467. The van der Waals surface area contributed by atoms with Crippen LogP contribution in [0.1, 0.15) is 25.8 Å². The number of carboxylic acid groups (broad SMARTS) is 1. The summed E-state index contributed by atoms with van der Waals surface area (Å²) >= 11 is 0. The third-order valence-electron chi connectivity index (χ3n) is 2.96.